The molecule has 20 heavy (non-hydrogen) atoms. The maximum absolute atomic E-state index is 12.5. The van der Waals surface area contributed by atoms with Gasteiger partial charge in [0.2, 0.25) is 11.8 Å². The van der Waals surface area contributed by atoms with Gasteiger partial charge in [-0.25, -0.2) is 0 Å². The number of carbonyl (C=O) groups excluding carboxylic acids is 2. The topological polar surface area (TPSA) is 78.7 Å². The van der Waals surface area contributed by atoms with Gasteiger partial charge >= 0.3 is 0 Å². The monoisotopic (exact) mass is 284 g/mol. The molecule has 1 atom stereocenters. The van der Waals surface area contributed by atoms with E-state index in [0.29, 0.717) is 13.1 Å². The van der Waals surface area contributed by atoms with E-state index in [1.165, 1.54) is 0 Å². The second kappa shape index (κ2) is 8.21. The third-order valence-electron chi connectivity index (χ3n) is 4.05. The van der Waals surface area contributed by atoms with Crippen LogP contribution < -0.4 is 11.1 Å². The number of likely N-dealkylation sites (N-methyl/N-ethyl adjacent to an activating group) is 1. The molecular weight excluding hydrogens is 256 g/mol. The fourth-order valence-electron chi connectivity index (χ4n) is 2.84. The van der Waals surface area contributed by atoms with Crippen molar-refractivity contribution in [2.45, 2.75) is 45.7 Å². The summed E-state index contributed by atoms with van der Waals surface area (Å²) in [6.07, 6.45) is 1.90. The molecule has 1 heterocycles. The highest BCUT2D eigenvalue weighted by atomic mass is 16.2. The van der Waals surface area contributed by atoms with Crippen molar-refractivity contribution >= 4 is 11.8 Å². The number of rotatable bonds is 7. The van der Waals surface area contributed by atoms with Crippen molar-refractivity contribution in [3.63, 3.8) is 0 Å². The van der Waals surface area contributed by atoms with Crippen LogP contribution >= 0.6 is 0 Å². The minimum Gasteiger partial charge on any atom is -0.369 e. The number of nitrogens with two attached hydrogens (primary N) is 1. The summed E-state index contributed by atoms with van der Waals surface area (Å²) in [4.78, 5) is 27.6. The minimum atomic E-state index is -0.372. The van der Waals surface area contributed by atoms with Crippen LogP contribution in [-0.4, -0.2) is 66.4 Å². The first-order chi connectivity index (χ1) is 9.51. The Bertz CT molecular complexity index is 325. The Morgan fingerprint density at radius 1 is 1.25 bits per heavy atom. The Morgan fingerprint density at radius 3 is 2.25 bits per heavy atom. The molecule has 0 radical (unpaired) electrons. The Morgan fingerprint density at radius 2 is 1.80 bits per heavy atom. The molecule has 1 unspecified atom stereocenters. The molecule has 116 valence electrons. The van der Waals surface area contributed by atoms with Crippen molar-refractivity contribution < 1.29 is 9.59 Å². The first-order valence-corrected chi connectivity index (χ1v) is 7.54. The van der Waals surface area contributed by atoms with Gasteiger partial charge in [0, 0.05) is 19.1 Å². The number of nitrogens with one attached hydrogen (secondary N) is 1. The van der Waals surface area contributed by atoms with E-state index in [1.807, 2.05) is 25.7 Å². The van der Waals surface area contributed by atoms with Gasteiger partial charge in [-0.05, 0) is 46.7 Å². The summed E-state index contributed by atoms with van der Waals surface area (Å²) in [5.74, 6) is -0.294. The van der Waals surface area contributed by atoms with Crippen molar-refractivity contribution in [3.05, 3.63) is 0 Å². The van der Waals surface area contributed by atoms with E-state index in [-0.39, 0.29) is 30.4 Å². The number of hydrogen-bond donors (Lipinski definition) is 2. The van der Waals surface area contributed by atoms with Gasteiger partial charge in [0.05, 0.1) is 12.6 Å². The van der Waals surface area contributed by atoms with Gasteiger partial charge < -0.3 is 16.0 Å². The van der Waals surface area contributed by atoms with Gasteiger partial charge in [-0.1, -0.05) is 0 Å². The molecule has 2 amide bonds. The molecule has 0 aromatic carbocycles. The lowest BCUT2D eigenvalue weighted by Gasteiger charge is -2.38. The summed E-state index contributed by atoms with van der Waals surface area (Å²) in [6, 6.07) is -0.0521. The standard InChI is InChI=1S/C14H28N4O2/c1-4-17(5-2)14(20)11(3)18(10-13(15)19)12-6-8-16-9-7-12/h11-12,16H,4-10H2,1-3H3,(H2,15,19). The molecule has 0 aliphatic carbocycles. The molecular formula is C14H28N4O2. The van der Waals surface area contributed by atoms with Gasteiger partial charge in [0.25, 0.3) is 0 Å². The first-order valence-electron chi connectivity index (χ1n) is 7.54. The summed E-state index contributed by atoms with van der Waals surface area (Å²) >= 11 is 0. The highest BCUT2D eigenvalue weighted by molar-refractivity contribution is 5.83. The summed E-state index contributed by atoms with van der Waals surface area (Å²) in [6.45, 7) is 9.20. The lowest BCUT2D eigenvalue weighted by atomic mass is 10.0. The maximum Gasteiger partial charge on any atom is 0.239 e. The van der Waals surface area contributed by atoms with E-state index >= 15 is 0 Å². The summed E-state index contributed by atoms with van der Waals surface area (Å²) in [5.41, 5.74) is 5.36. The first kappa shape index (κ1) is 16.9. The van der Waals surface area contributed by atoms with Crippen LogP contribution in [0.15, 0.2) is 0 Å². The largest absolute Gasteiger partial charge is 0.369 e. The third kappa shape index (κ3) is 4.45. The van der Waals surface area contributed by atoms with Crippen molar-refractivity contribution in [3.8, 4) is 0 Å². The zero-order valence-electron chi connectivity index (χ0n) is 12.9. The van der Waals surface area contributed by atoms with E-state index in [4.69, 9.17) is 5.73 Å². The van der Waals surface area contributed by atoms with E-state index in [1.54, 1.807) is 4.90 Å². The van der Waals surface area contributed by atoms with Gasteiger partial charge in [-0.3, -0.25) is 14.5 Å². The fourth-order valence-corrected chi connectivity index (χ4v) is 2.84. The summed E-state index contributed by atoms with van der Waals surface area (Å²) < 4.78 is 0. The molecule has 6 nitrogen and oxygen atoms in total. The highest BCUT2D eigenvalue weighted by Gasteiger charge is 2.31. The van der Waals surface area contributed by atoms with E-state index in [0.717, 1.165) is 25.9 Å². The predicted molar refractivity (Wildman–Crippen MR) is 79.2 cm³/mol. The lowest BCUT2D eigenvalue weighted by Crippen LogP contribution is -2.55. The number of primary amides is 1. The minimum absolute atomic E-state index is 0.0785. The molecule has 1 aliphatic heterocycles. The Kier molecular flexibility index (Phi) is 6.95. The fraction of sp³-hybridized carbons (Fsp3) is 0.857. The number of nitrogens with zero attached hydrogens (tertiary/aromatic N) is 2. The molecule has 1 rings (SSSR count). The summed E-state index contributed by atoms with van der Waals surface area (Å²) in [5, 5.41) is 3.30. The molecule has 6 heteroatoms. The Hall–Kier alpha value is -1.14. The number of amides is 2. The van der Waals surface area contributed by atoms with Gasteiger partial charge in [0.1, 0.15) is 0 Å². The number of hydrogen-bond acceptors (Lipinski definition) is 4. The lowest BCUT2D eigenvalue weighted by molar-refractivity contribution is -0.138. The zero-order chi connectivity index (χ0) is 15.1. The van der Waals surface area contributed by atoms with Gasteiger partial charge in [0.15, 0.2) is 0 Å². The van der Waals surface area contributed by atoms with E-state index in [2.05, 4.69) is 5.32 Å². The quantitative estimate of drug-likeness (QED) is 0.677. The van der Waals surface area contributed by atoms with E-state index < -0.39 is 0 Å². The van der Waals surface area contributed by atoms with Crippen LogP contribution in [-0.2, 0) is 9.59 Å². The molecule has 0 aromatic rings. The van der Waals surface area contributed by atoms with Crippen LogP contribution in [0.5, 0.6) is 0 Å². The smallest absolute Gasteiger partial charge is 0.239 e. The summed E-state index contributed by atoms with van der Waals surface area (Å²) in [7, 11) is 0. The SMILES string of the molecule is CCN(CC)C(=O)C(C)N(CC(N)=O)C1CCNCC1. The van der Waals surface area contributed by atoms with Crippen LogP contribution in [0.25, 0.3) is 0 Å². The normalized spacial score (nSPS) is 18.0. The molecule has 1 saturated heterocycles. The average molecular weight is 284 g/mol. The van der Waals surface area contributed by atoms with Crippen LogP contribution in [0, 0.1) is 0 Å². The van der Waals surface area contributed by atoms with Gasteiger partial charge in [-0.2, -0.15) is 0 Å². The van der Waals surface area contributed by atoms with Crippen molar-refractivity contribution in [1.29, 1.82) is 0 Å². The Labute approximate surface area is 121 Å². The van der Waals surface area contributed by atoms with Crippen LogP contribution in [0.2, 0.25) is 0 Å². The molecule has 0 saturated carbocycles. The van der Waals surface area contributed by atoms with Gasteiger partial charge in [-0.15, -0.1) is 0 Å². The molecule has 3 N–H and O–H groups in total. The molecule has 0 spiro atoms. The second-order valence-electron chi connectivity index (χ2n) is 5.31. The molecule has 1 fully saturated rings. The van der Waals surface area contributed by atoms with Crippen LogP contribution in [0.1, 0.15) is 33.6 Å². The Balaban J connectivity index is 2.79. The highest BCUT2D eigenvalue weighted by Crippen LogP contribution is 2.16. The average Bonchev–Trinajstić information content (AvgIpc) is 2.46. The zero-order valence-corrected chi connectivity index (χ0v) is 12.9. The van der Waals surface area contributed by atoms with E-state index in [9.17, 15) is 9.59 Å². The van der Waals surface area contributed by atoms with Crippen LogP contribution in [0.4, 0.5) is 0 Å². The van der Waals surface area contributed by atoms with Crippen molar-refractivity contribution in [2.24, 2.45) is 5.73 Å². The molecule has 0 bridgehead atoms. The van der Waals surface area contributed by atoms with Crippen molar-refractivity contribution in [1.82, 2.24) is 15.1 Å². The second-order valence-corrected chi connectivity index (χ2v) is 5.31. The maximum atomic E-state index is 12.5. The molecule has 1 aliphatic rings. The third-order valence-corrected chi connectivity index (χ3v) is 4.05. The van der Waals surface area contributed by atoms with Crippen molar-refractivity contribution in [2.75, 3.05) is 32.7 Å². The molecule has 0 aromatic heterocycles. The number of piperidine rings is 1. The predicted octanol–water partition coefficient (Wildman–Crippen LogP) is -0.217. The van der Waals surface area contributed by atoms with Crippen LogP contribution in [0.3, 0.4) is 0 Å². The number of carbonyl (C=O) groups is 2.